The van der Waals surface area contributed by atoms with Gasteiger partial charge in [-0.1, -0.05) is 46.5 Å². The van der Waals surface area contributed by atoms with E-state index in [0.717, 1.165) is 31.0 Å². The SMILES string of the molecule is CCCCC(C=NN)=NCCCCCC(C)C. The lowest BCUT2D eigenvalue weighted by molar-refractivity contribution is 0.529. The first-order valence-electron chi connectivity index (χ1n) is 6.97. The molecule has 0 aliphatic rings. The lowest BCUT2D eigenvalue weighted by atomic mass is 10.1. The summed E-state index contributed by atoms with van der Waals surface area (Å²) in [7, 11) is 0. The number of hydrogen-bond donors (Lipinski definition) is 1. The largest absolute Gasteiger partial charge is 0.323 e. The van der Waals surface area contributed by atoms with Crippen molar-refractivity contribution in [2.75, 3.05) is 6.54 Å². The first-order chi connectivity index (χ1) is 8.20. The number of unbranched alkanes of at least 4 members (excludes halogenated alkanes) is 3. The van der Waals surface area contributed by atoms with E-state index in [0.29, 0.717) is 0 Å². The van der Waals surface area contributed by atoms with Gasteiger partial charge in [-0.25, -0.2) is 0 Å². The third-order valence-corrected chi connectivity index (χ3v) is 2.76. The molecule has 0 aromatic carbocycles. The summed E-state index contributed by atoms with van der Waals surface area (Å²) in [6, 6.07) is 0. The van der Waals surface area contributed by atoms with Gasteiger partial charge in [0.15, 0.2) is 0 Å². The van der Waals surface area contributed by atoms with Crippen LogP contribution in [0.15, 0.2) is 10.1 Å². The second kappa shape index (κ2) is 11.6. The van der Waals surface area contributed by atoms with Crippen molar-refractivity contribution < 1.29 is 0 Å². The Morgan fingerprint density at radius 2 is 1.94 bits per heavy atom. The summed E-state index contributed by atoms with van der Waals surface area (Å²) in [6.07, 6.45) is 10.2. The van der Waals surface area contributed by atoms with E-state index in [1.807, 2.05) is 0 Å². The number of hydrogen-bond acceptors (Lipinski definition) is 3. The number of rotatable bonds is 10. The van der Waals surface area contributed by atoms with Crippen LogP contribution in [0, 0.1) is 5.92 Å². The van der Waals surface area contributed by atoms with Crippen molar-refractivity contribution in [1.29, 1.82) is 0 Å². The van der Waals surface area contributed by atoms with Gasteiger partial charge in [-0.15, -0.1) is 0 Å². The average molecular weight is 239 g/mol. The highest BCUT2D eigenvalue weighted by molar-refractivity contribution is 6.30. The van der Waals surface area contributed by atoms with Crippen LogP contribution in [0.5, 0.6) is 0 Å². The number of aliphatic imine (C=N–C) groups is 1. The highest BCUT2D eigenvalue weighted by Crippen LogP contribution is 2.08. The van der Waals surface area contributed by atoms with Crippen molar-refractivity contribution in [3.05, 3.63) is 0 Å². The number of nitrogens with zero attached hydrogens (tertiary/aromatic N) is 2. The topological polar surface area (TPSA) is 50.7 Å². The van der Waals surface area contributed by atoms with Gasteiger partial charge in [0, 0.05) is 6.54 Å². The molecule has 0 atom stereocenters. The third-order valence-electron chi connectivity index (χ3n) is 2.76. The maximum absolute atomic E-state index is 5.17. The molecule has 0 amide bonds. The van der Waals surface area contributed by atoms with Crippen molar-refractivity contribution in [3.8, 4) is 0 Å². The smallest absolute Gasteiger partial charge is 0.0676 e. The van der Waals surface area contributed by atoms with Crippen molar-refractivity contribution in [2.45, 2.75) is 65.7 Å². The second-order valence-corrected chi connectivity index (χ2v) is 5.00. The van der Waals surface area contributed by atoms with Gasteiger partial charge in [0.1, 0.15) is 0 Å². The summed E-state index contributed by atoms with van der Waals surface area (Å²) in [5.74, 6) is 6.00. The fourth-order valence-corrected chi connectivity index (χ4v) is 1.69. The monoisotopic (exact) mass is 239 g/mol. The molecule has 17 heavy (non-hydrogen) atoms. The standard InChI is InChI=1S/C14H29N3/c1-4-5-10-14(12-17-15)16-11-8-6-7-9-13(2)3/h12-13H,4-11,15H2,1-3H3. The van der Waals surface area contributed by atoms with Crippen molar-refractivity contribution in [1.82, 2.24) is 0 Å². The Hall–Kier alpha value is -0.860. The van der Waals surface area contributed by atoms with Gasteiger partial charge in [0.25, 0.3) is 0 Å². The van der Waals surface area contributed by atoms with Crippen LogP contribution in [0.4, 0.5) is 0 Å². The molecule has 0 aliphatic carbocycles. The average Bonchev–Trinajstić information content (AvgIpc) is 2.29. The summed E-state index contributed by atoms with van der Waals surface area (Å²) in [5.41, 5.74) is 1.05. The van der Waals surface area contributed by atoms with E-state index < -0.39 is 0 Å². The number of hydrazone groups is 1. The van der Waals surface area contributed by atoms with E-state index >= 15 is 0 Å². The number of nitrogens with two attached hydrogens (primary N) is 1. The molecule has 0 aromatic heterocycles. The molecular weight excluding hydrogens is 210 g/mol. The third kappa shape index (κ3) is 11.4. The Bertz CT molecular complexity index is 220. The molecule has 0 bridgehead atoms. The van der Waals surface area contributed by atoms with Gasteiger partial charge in [0.05, 0.1) is 11.9 Å². The summed E-state index contributed by atoms with van der Waals surface area (Å²) >= 11 is 0. The molecule has 3 nitrogen and oxygen atoms in total. The normalized spacial score (nSPS) is 12.8. The zero-order chi connectivity index (χ0) is 12.9. The van der Waals surface area contributed by atoms with Gasteiger partial charge < -0.3 is 5.84 Å². The minimum absolute atomic E-state index is 0.822. The Balaban J connectivity index is 3.69. The molecule has 0 heterocycles. The van der Waals surface area contributed by atoms with Gasteiger partial charge in [-0.3, -0.25) is 4.99 Å². The van der Waals surface area contributed by atoms with Crippen molar-refractivity contribution >= 4 is 11.9 Å². The molecule has 3 heteroatoms. The highest BCUT2D eigenvalue weighted by atomic mass is 15.1. The predicted octanol–water partition coefficient (Wildman–Crippen LogP) is 3.78. The first-order valence-corrected chi connectivity index (χ1v) is 6.97. The zero-order valence-corrected chi connectivity index (χ0v) is 11.8. The van der Waals surface area contributed by atoms with Gasteiger partial charge >= 0.3 is 0 Å². The molecule has 0 aromatic rings. The summed E-state index contributed by atoms with van der Waals surface area (Å²) in [4.78, 5) is 4.55. The molecular formula is C14H29N3. The molecule has 0 rings (SSSR count). The molecule has 0 spiro atoms. The molecule has 0 fully saturated rings. The quantitative estimate of drug-likeness (QED) is 0.268. The van der Waals surface area contributed by atoms with E-state index in [2.05, 4.69) is 30.9 Å². The predicted molar refractivity (Wildman–Crippen MR) is 77.8 cm³/mol. The molecule has 0 radical (unpaired) electrons. The van der Waals surface area contributed by atoms with Crippen molar-refractivity contribution in [3.63, 3.8) is 0 Å². The fraction of sp³-hybridized carbons (Fsp3) is 0.857. The van der Waals surface area contributed by atoms with E-state index in [4.69, 9.17) is 5.84 Å². The van der Waals surface area contributed by atoms with Crippen LogP contribution < -0.4 is 5.84 Å². The first kappa shape index (κ1) is 16.1. The Morgan fingerprint density at radius 3 is 2.53 bits per heavy atom. The molecule has 2 N–H and O–H groups in total. The Labute approximate surface area is 107 Å². The van der Waals surface area contributed by atoms with Crippen LogP contribution in [-0.4, -0.2) is 18.5 Å². The lowest BCUT2D eigenvalue weighted by Crippen LogP contribution is -2.03. The summed E-state index contributed by atoms with van der Waals surface area (Å²) < 4.78 is 0. The van der Waals surface area contributed by atoms with Crippen molar-refractivity contribution in [2.24, 2.45) is 21.9 Å². The van der Waals surface area contributed by atoms with Crippen LogP contribution in [-0.2, 0) is 0 Å². The Morgan fingerprint density at radius 1 is 1.18 bits per heavy atom. The van der Waals surface area contributed by atoms with Crippen LogP contribution in [0.25, 0.3) is 0 Å². The minimum Gasteiger partial charge on any atom is -0.323 e. The molecule has 0 aliphatic heterocycles. The van der Waals surface area contributed by atoms with Crippen LogP contribution in [0.3, 0.4) is 0 Å². The lowest BCUT2D eigenvalue weighted by Gasteiger charge is -2.03. The van der Waals surface area contributed by atoms with Crippen LogP contribution in [0.1, 0.15) is 65.7 Å². The molecule has 100 valence electrons. The molecule has 0 saturated heterocycles. The summed E-state index contributed by atoms with van der Waals surface area (Å²) in [6.45, 7) is 7.66. The summed E-state index contributed by atoms with van der Waals surface area (Å²) in [5, 5.41) is 3.57. The maximum atomic E-state index is 5.17. The van der Waals surface area contributed by atoms with Crippen LogP contribution >= 0.6 is 0 Å². The highest BCUT2D eigenvalue weighted by Gasteiger charge is 1.96. The van der Waals surface area contributed by atoms with Gasteiger partial charge in [-0.2, -0.15) is 5.10 Å². The second-order valence-electron chi connectivity index (χ2n) is 5.00. The molecule has 0 unspecified atom stereocenters. The maximum Gasteiger partial charge on any atom is 0.0676 e. The van der Waals surface area contributed by atoms with E-state index in [-0.39, 0.29) is 0 Å². The Kier molecular flexibility index (Phi) is 11.0. The van der Waals surface area contributed by atoms with E-state index in [9.17, 15) is 0 Å². The zero-order valence-electron chi connectivity index (χ0n) is 11.8. The van der Waals surface area contributed by atoms with E-state index in [1.54, 1.807) is 6.21 Å². The minimum atomic E-state index is 0.822. The fourth-order valence-electron chi connectivity index (χ4n) is 1.69. The van der Waals surface area contributed by atoms with Gasteiger partial charge in [0.2, 0.25) is 0 Å². The van der Waals surface area contributed by atoms with Crippen LogP contribution in [0.2, 0.25) is 0 Å². The van der Waals surface area contributed by atoms with Gasteiger partial charge in [-0.05, 0) is 25.2 Å². The molecule has 0 saturated carbocycles. The van der Waals surface area contributed by atoms with E-state index in [1.165, 1.54) is 32.1 Å².